The molecule has 0 aliphatic rings. The van der Waals surface area contributed by atoms with Crippen LogP contribution in [0.25, 0.3) is 0 Å². The van der Waals surface area contributed by atoms with Crippen LogP contribution < -0.4 is 0 Å². The van der Waals surface area contributed by atoms with Crippen molar-refractivity contribution in [2.24, 2.45) is 0 Å². The molecule has 0 unspecified atom stereocenters. The van der Waals surface area contributed by atoms with Crippen molar-refractivity contribution < 1.29 is 9.18 Å². The first-order valence-corrected chi connectivity index (χ1v) is 2.96. The second-order valence-electron chi connectivity index (χ2n) is 2.06. The van der Waals surface area contributed by atoms with Crippen molar-refractivity contribution in [2.45, 2.75) is 6.92 Å². The lowest BCUT2D eigenvalue weighted by Crippen LogP contribution is -1.90. The normalized spacial score (nSPS) is 8.55. The number of halogens is 2. The summed E-state index contributed by atoms with van der Waals surface area (Å²) >= 11 is 0. The molecule has 1 aromatic carbocycles. The van der Waals surface area contributed by atoms with Gasteiger partial charge in [-0.15, -0.1) is 17.0 Å². The number of rotatable bonds is 1. The van der Waals surface area contributed by atoms with E-state index < -0.39 is 0 Å². The summed E-state index contributed by atoms with van der Waals surface area (Å²) in [5, 5.41) is 0. The minimum Gasteiger partial charge on any atom is -0.295 e. The Morgan fingerprint density at radius 3 is 2.09 bits per heavy atom. The Balaban J connectivity index is 0.000001000. The van der Waals surface area contributed by atoms with Gasteiger partial charge >= 0.3 is 0 Å². The van der Waals surface area contributed by atoms with E-state index in [1.165, 1.54) is 31.2 Å². The molecule has 0 aromatic heterocycles. The monoisotopic (exact) mass is 218 g/mol. The van der Waals surface area contributed by atoms with E-state index >= 15 is 0 Å². The molecule has 0 radical (unpaired) electrons. The van der Waals surface area contributed by atoms with Crippen molar-refractivity contribution >= 4 is 22.8 Å². The molecule has 0 spiro atoms. The topological polar surface area (TPSA) is 17.1 Å². The van der Waals surface area contributed by atoms with Gasteiger partial charge in [-0.3, -0.25) is 4.79 Å². The smallest absolute Gasteiger partial charge is 0.159 e. The maximum Gasteiger partial charge on any atom is 0.159 e. The van der Waals surface area contributed by atoms with Crippen LogP contribution in [0.1, 0.15) is 17.3 Å². The Bertz CT molecular complexity index is 243. The van der Waals surface area contributed by atoms with Crippen LogP contribution in [-0.2, 0) is 0 Å². The van der Waals surface area contributed by atoms with Crippen molar-refractivity contribution in [1.82, 2.24) is 0 Å². The van der Waals surface area contributed by atoms with Crippen LogP contribution in [0.2, 0.25) is 0 Å². The fourth-order valence-corrected chi connectivity index (χ4v) is 0.685. The molecule has 0 aliphatic carbocycles. The van der Waals surface area contributed by atoms with Crippen LogP contribution in [0.5, 0.6) is 0 Å². The number of hydrogen-bond acceptors (Lipinski definition) is 1. The van der Waals surface area contributed by atoms with E-state index in [0.29, 0.717) is 5.56 Å². The highest BCUT2D eigenvalue weighted by Gasteiger charge is 1.96. The van der Waals surface area contributed by atoms with Gasteiger partial charge in [-0.1, -0.05) is 0 Å². The van der Waals surface area contributed by atoms with Gasteiger partial charge < -0.3 is 0 Å². The van der Waals surface area contributed by atoms with Gasteiger partial charge in [0.05, 0.1) is 0 Å². The molecule has 1 aromatic rings. The molecular weight excluding hydrogens is 211 g/mol. The highest BCUT2D eigenvalue weighted by Crippen LogP contribution is 2.02. The number of Topliss-reactive ketones (excluding diaryl/α,β-unsaturated/α-hetero) is 1. The molecule has 0 fully saturated rings. The summed E-state index contributed by atoms with van der Waals surface area (Å²) in [6.45, 7) is 1.45. The summed E-state index contributed by atoms with van der Waals surface area (Å²) in [4.78, 5) is 10.6. The summed E-state index contributed by atoms with van der Waals surface area (Å²) in [5.41, 5.74) is 0.543. The number of carbonyl (C=O) groups is 1. The lowest BCUT2D eigenvalue weighted by Gasteiger charge is -1.91. The Hall–Kier alpha value is -0.700. The maximum absolute atomic E-state index is 12.2. The molecule has 0 saturated heterocycles. The zero-order valence-electron chi connectivity index (χ0n) is 6.00. The fourth-order valence-electron chi connectivity index (χ4n) is 0.685. The second kappa shape index (κ2) is 4.23. The Morgan fingerprint density at radius 2 is 1.73 bits per heavy atom. The van der Waals surface area contributed by atoms with Crippen molar-refractivity contribution in [3.8, 4) is 0 Å². The van der Waals surface area contributed by atoms with Crippen molar-refractivity contribution in [3.63, 3.8) is 0 Å². The Kier molecular flexibility index (Phi) is 3.97. The zero-order chi connectivity index (χ0) is 7.56. The minimum atomic E-state index is -0.315. The van der Waals surface area contributed by atoms with E-state index in [4.69, 9.17) is 0 Å². The van der Waals surface area contributed by atoms with Crippen LogP contribution in [0, 0.1) is 5.82 Å². The third-order valence-corrected chi connectivity index (χ3v) is 1.25. The highest BCUT2D eigenvalue weighted by molar-refractivity contribution is 8.93. The predicted octanol–water partition coefficient (Wildman–Crippen LogP) is 2.61. The summed E-state index contributed by atoms with van der Waals surface area (Å²) in [5.74, 6) is -0.356. The SMILES string of the molecule is Br.CC(=O)c1ccc(F)cc1. The molecule has 0 bridgehead atoms. The van der Waals surface area contributed by atoms with Gasteiger partial charge in [0.1, 0.15) is 5.82 Å². The zero-order valence-corrected chi connectivity index (χ0v) is 7.72. The van der Waals surface area contributed by atoms with Crippen molar-refractivity contribution in [3.05, 3.63) is 35.6 Å². The Labute approximate surface area is 75.0 Å². The summed E-state index contributed by atoms with van der Waals surface area (Å²) in [6, 6.07) is 5.49. The number of hydrogen-bond donors (Lipinski definition) is 0. The summed E-state index contributed by atoms with van der Waals surface area (Å²) in [7, 11) is 0. The standard InChI is InChI=1S/C8H7FO.BrH/c1-6(10)7-2-4-8(9)5-3-7;/h2-5H,1H3;1H. The fraction of sp³-hybridized carbons (Fsp3) is 0.125. The van der Waals surface area contributed by atoms with Gasteiger partial charge in [0.25, 0.3) is 0 Å². The molecule has 0 N–H and O–H groups in total. The van der Waals surface area contributed by atoms with E-state index in [1.807, 2.05) is 0 Å². The molecule has 60 valence electrons. The van der Waals surface area contributed by atoms with E-state index in [0.717, 1.165) is 0 Å². The molecule has 11 heavy (non-hydrogen) atoms. The van der Waals surface area contributed by atoms with E-state index in [-0.39, 0.29) is 28.6 Å². The van der Waals surface area contributed by atoms with E-state index in [9.17, 15) is 9.18 Å². The second-order valence-corrected chi connectivity index (χ2v) is 2.06. The number of carbonyl (C=O) groups excluding carboxylic acids is 1. The average Bonchev–Trinajstić information content (AvgIpc) is 1.88. The molecule has 0 saturated carbocycles. The van der Waals surface area contributed by atoms with Crippen LogP contribution in [0.3, 0.4) is 0 Å². The number of benzene rings is 1. The third kappa shape index (κ3) is 2.80. The molecule has 1 nitrogen and oxygen atoms in total. The third-order valence-electron chi connectivity index (χ3n) is 1.25. The first-order valence-electron chi connectivity index (χ1n) is 2.96. The molecule has 1 rings (SSSR count). The number of ketones is 1. The van der Waals surface area contributed by atoms with Crippen LogP contribution in [0.4, 0.5) is 4.39 Å². The van der Waals surface area contributed by atoms with Gasteiger partial charge in [-0.05, 0) is 31.2 Å². The van der Waals surface area contributed by atoms with Crippen LogP contribution >= 0.6 is 17.0 Å². The quantitative estimate of drug-likeness (QED) is 0.663. The van der Waals surface area contributed by atoms with Gasteiger partial charge in [0.15, 0.2) is 5.78 Å². The van der Waals surface area contributed by atoms with Crippen molar-refractivity contribution in [1.29, 1.82) is 0 Å². The molecular formula is C8H8BrFO. The van der Waals surface area contributed by atoms with Crippen molar-refractivity contribution in [2.75, 3.05) is 0 Å². The summed E-state index contributed by atoms with van der Waals surface area (Å²) in [6.07, 6.45) is 0. The lowest BCUT2D eigenvalue weighted by molar-refractivity contribution is 0.101. The highest BCUT2D eigenvalue weighted by atomic mass is 79.9. The molecule has 0 atom stereocenters. The first-order chi connectivity index (χ1) is 4.70. The van der Waals surface area contributed by atoms with Gasteiger partial charge in [-0.2, -0.15) is 0 Å². The summed E-state index contributed by atoms with van der Waals surface area (Å²) < 4.78 is 12.2. The minimum absolute atomic E-state index is 0. The predicted molar refractivity (Wildman–Crippen MR) is 46.7 cm³/mol. The Morgan fingerprint density at radius 1 is 1.27 bits per heavy atom. The molecule has 0 heterocycles. The molecule has 0 amide bonds. The van der Waals surface area contributed by atoms with Crippen LogP contribution in [0.15, 0.2) is 24.3 Å². The van der Waals surface area contributed by atoms with E-state index in [1.54, 1.807) is 0 Å². The average molecular weight is 219 g/mol. The lowest BCUT2D eigenvalue weighted by atomic mass is 10.1. The van der Waals surface area contributed by atoms with Gasteiger partial charge in [0, 0.05) is 5.56 Å². The van der Waals surface area contributed by atoms with Gasteiger partial charge in [0.2, 0.25) is 0 Å². The van der Waals surface area contributed by atoms with Crippen LogP contribution in [-0.4, -0.2) is 5.78 Å². The maximum atomic E-state index is 12.2. The van der Waals surface area contributed by atoms with E-state index in [2.05, 4.69) is 0 Å². The molecule has 3 heteroatoms. The molecule has 0 aliphatic heterocycles. The largest absolute Gasteiger partial charge is 0.295 e. The first kappa shape index (κ1) is 10.3. The van der Waals surface area contributed by atoms with Gasteiger partial charge in [-0.25, -0.2) is 4.39 Å².